The van der Waals surface area contributed by atoms with Gasteiger partial charge < -0.3 is 19.2 Å². The van der Waals surface area contributed by atoms with Gasteiger partial charge in [-0.05, 0) is 50.6 Å². The van der Waals surface area contributed by atoms with Gasteiger partial charge >= 0.3 is 18.6 Å². The molecule has 0 saturated carbocycles. The van der Waals surface area contributed by atoms with Crippen LogP contribution in [0.3, 0.4) is 0 Å². The van der Waals surface area contributed by atoms with Crippen molar-refractivity contribution in [3.05, 3.63) is 52.3 Å². The number of carbonyl (C=O) groups is 3. The second-order valence-corrected chi connectivity index (χ2v) is 5.93. The van der Waals surface area contributed by atoms with Gasteiger partial charge in [-0.2, -0.15) is 8.78 Å². The molecule has 2 rings (SSSR count). The molecule has 1 aromatic heterocycles. The number of benzene rings is 1. The van der Waals surface area contributed by atoms with Crippen molar-refractivity contribution in [3.63, 3.8) is 0 Å². The number of ether oxygens (including phenoxy) is 3. The van der Waals surface area contributed by atoms with Crippen LogP contribution in [0.25, 0.3) is 0 Å². The molecule has 0 bridgehead atoms. The van der Waals surface area contributed by atoms with Crippen molar-refractivity contribution in [1.82, 2.24) is 4.98 Å². The lowest BCUT2D eigenvalue weighted by atomic mass is 10.1. The van der Waals surface area contributed by atoms with E-state index in [1.807, 2.05) is 0 Å². The van der Waals surface area contributed by atoms with Crippen molar-refractivity contribution in [3.8, 4) is 5.75 Å². The zero-order valence-corrected chi connectivity index (χ0v) is 15.7. The Balaban J connectivity index is 2.12. The van der Waals surface area contributed by atoms with Crippen LogP contribution in [0, 0.1) is 13.8 Å². The molecule has 0 aliphatic heterocycles. The summed E-state index contributed by atoms with van der Waals surface area (Å²) in [5.41, 5.74) is 1.31. The monoisotopic (exact) mass is 395 g/mol. The minimum atomic E-state index is -2.97. The number of carbonyl (C=O) groups excluding carboxylic acids is 3. The Bertz CT molecular complexity index is 889. The highest BCUT2D eigenvalue weighted by Crippen LogP contribution is 2.21. The summed E-state index contributed by atoms with van der Waals surface area (Å²) < 4.78 is 38.4. The van der Waals surface area contributed by atoms with Gasteiger partial charge in [-0.1, -0.05) is 0 Å². The molecule has 0 amide bonds. The summed E-state index contributed by atoms with van der Waals surface area (Å²) in [7, 11) is 1.23. The van der Waals surface area contributed by atoms with Crippen molar-refractivity contribution < 1.29 is 37.4 Å². The van der Waals surface area contributed by atoms with Gasteiger partial charge in [0.25, 0.3) is 0 Å². The predicted octanol–water partition coefficient (Wildman–Crippen LogP) is 3.45. The van der Waals surface area contributed by atoms with E-state index in [0.29, 0.717) is 11.3 Å². The second-order valence-electron chi connectivity index (χ2n) is 5.93. The van der Waals surface area contributed by atoms with Gasteiger partial charge in [0.05, 0.1) is 23.9 Å². The summed E-state index contributed by atoms with van der Waals surface area (Å²) in [5.74, 6) is -2.02. The van der Waals surface area contributed by atoms with Gasteiger partial charge in [0.15, 0.2) is 6.10 Å². The topological polar surface area (TPSA) is 94.7 Å². The first kappa shape index (κ1) is 21.1. The summed E-state index contributed by atoms with van der Waals surface area (Å²) in [6.45, 7) is 1.62. The van der Waals surface area contributed by atoms with Crippen molar-refractivity contribution >= 4 is 17.7 Å². The van der Waals surface area contributed by atoms with E-state index >= 15 is 0 Å². The maximum Gasteiger partial charge on any atom is 0.387 e. The molecule has 1 aromatic carbocycles. The molecule has 0 spiro atoms. The number of halogens is 2. The number of H-pyrrole nitrogens is 1. The molecule has 0 saturated heterocycles. The van der Waals surface area contributed by atoms with E-state index in [2.05, 4.69) is 9.72 Å². The molecule has 2 aromatic rings. The van der Waals surface area contributed by atoms with E-state index in [1.165, 1.54) is 38.3 Å². The summed E-state index contributed by atoms with van der Waals surface area (Å²) in [4.78, 5) is 39.4. The van der Waals surface area contributed by atoms with Crippen LogP contribution in [0.5, 0.6) is 5.75 Å². The summed E-state index contributed by atoms with van der Waals surface area (Å²) in [5, 5.41) is 0. The number of aromatic amines is 1. The quantitative estimate of drug-likeness (QED) is 0.570. The van der Waals surface area contributed by atoms with E-state index in [0.717, 1.165) is 0 Å². The Hall–Kier alpha value is -3.23. The molecule has 7 nitrogen and oxygen atoms in total. The molecule has 0 unspecified atom stereocenters. The first-order valence-electron chi connectivity index (χ1n) is 8.23. The fourth-order valence-corrected chi connectivity index (χ4v) is 2.66. The van der Waals surface area contributed by atoms with Gasteiger partial charge in [0.1, 0.15) is 5.75 Å². The highest BCUT2D eigenvalue weighted by atomic mass is 19.3. The molecule has 1 N–H and O–H groups in total. The molecule has 0 radical (unpaired) electrons. The molecule has 9 heteroatoms. The van der Waals surface area contributed by atoms with Gasteiger partial charge in [0.2, 0.25) is 5.78 Å². The highest BCUT2D eigenvalue weighted by Gasteiger charge is 2.27. The molecule has 1 atom stereocenters. The third-order valence-corrected chi connectivity index (χ3v) is 4.04. The number of Topliss-reactive ketones (excluding diaryl/α,β-unsaturated/α-hetero) is 1. The lowest BCUT2D eigenvalue weighted by Crippen LogP contribution is -2.25. The van der Waals surface area contributed by atoms with Crippen molar-refractivity contribution in [2.75, 3.05) is 7.11 Å². The van der Waals surface area contributed by atoms with Crippen LogP contribution in [0.4, 0.5) is 8.78 Å². The fourth-order valence-electron chi connectivity index (χ4n) is 2.66. The Morgan fingerprint density at radius 3 is 2.18 bits per heavy atom. The number of nitrogens with one attached hydrogen (secondary N) is 1. The maximum absolute atomic E-state index is 12.6. The van der Waals surface area contributed by atoms with Crippen molar-refractivity contribution in [1.29, 1.82) is 0 Å². The van der Waals surface area contributed by atoms with E-state index in [-0.39, 0.29) is 22.6 Å². The van der Waals surface area contributed by atoms with E-state index in [4.69, 9.17) is 9.47 Å². The Morgan fingerprint density at radius 1 is 1.04 bits per heavy atom. The molecule has 150 valence electrons. The van der Waals surface area contributed by atoms with Crippen LogP contribution in [-0.2, 0) is 9.47 Å². The molecule has 0 fully saturated rings. The molecule has 0 aliphatic carbocycles. The number of hydrogen-bond donors (Lipinski definition) is 1. The van der Waals surface area contributed by atoms with Gasteiger partial charge in [-0.25, -0.2) is 9.59 Å². The molecule has 28 heavy (non-hydrogen) atoms. The van der Waals surface area contributed by atoms with E-state index in [1.54, 1.807) is 13.8 Å². The average molecular weight is 395 g/mol. The lowest BCUT2D eigenvalue weighted by molar-refractivity contribution is -0.0498. The predicted molar refractivity (Wildman–Crippen MR) is 93.9 cm³/mol. The fraction of sp³-hybridized carbons (Fsp3) is 0.316. The van der Waals surface area contributed by atoms with E-state index in [9.17, 15) is 23.2 Å². The second kappa shape index (κ2) is 8.64. The number of hydrogen-bond acceptors (Lipinski definition) is 6. The number of aromatic nitrogens is 1. The first-order chi connectivity index (χ1) is 13.1. The standard InChI is InChI=1S/C19H19F2NO6/c1-9-14(18(25)26-4)10(2)22-15(9)16(23)11(3)27-17(24)12-5-7-13(8-6-12)28-19(20)21/h5-8,11,19,22H,1-4H3/t11-/m1/s1. The van der Waals surface area contributed by atoms with Crippen LogP contribution in [0.2, 0.25) is 0 Å². The molecular formula is C19H19F2NO6. The number of ketones is 1. The van der Waals surface area contributed by atoms with Crippen LogP contribution in [0.1, 0.15) is 49.4 Å². The summed E-state index contributed by atoms with van der Waals surface area (Å²) in [6.07, 6.45) is -1.15. The lowest BCUT2D eigenvalue weighted by Gasteiger charge is -2.12. The zero-order chi connectivity index (χ0) is 21.0. The normalized spacial score (nSPS) is 11.8. The number of rotatable bonds is 7. The third kappa shape index (κ3) is 4.54. The van der Waals surface area contributed by atoms with Crippen LogP contribution >= 0.6 is 0 Å². The molecule has 1 heterocycles. The van der Waals surface area contributed by atoms with Crippen LogP contribution in [-0.4, -0.2) is 42.5 Å². The number of methoxy groups -OCH3 is 1. The Kier molecular flexibility index (Phi) is 6.50. The van der Waals surface area contributed by atoms with Crippen LogP contribution in [0.15, 0.2) is 24.3 Å². The Morgan fingerprint density at radius 2 is 1.64 bits per heavy atom. The minimum absolute atomic E-state index is 0.0657. The van der Waals surface area contributed by atoms with E-state index < -0.39 is 30.4 Å². The number of aryl methyl sites for hydroxylation is 1. The highest BCUT2D eigenvalue weighted by molar-refractivity contribution is 6.04. The smallest absolute Gasteiger partial charge is 0.387 e. The largest absolute Gasteiger partial charge is 0.465 e. The zero-order valence-electron chi connectivity index (χ0n) is 15.7. The van der Waals surface area contributed by atoms with Crippen molar-refractivity contribution in [2.45, 2.75) is 33.5 Å². The summed E-state index contributed by atoms with van der Waals surface area (Å²) >= 11 is 0. The van der Waals surface area contributed by atoms with Crippen molar-refractivity contribution in [2.24, 2.45) is 0 Å². The number of alkyl halides is 2. The van der Waals surface area contributed by atoms with Gasteiger partial charge in [-0.3, -0.25) is 4.79 Å². The molecule has 0 aliphatic rings. The number of esters is 2. The van der Waals surface area contributed by atoms with Gasteiger partial charge in [-0.15, -0.1) is 0 Å². The maximum atomic E-state index is 12.6. The van der Waals surface area contributed by atoms with Gasteiger partial charge in [0, 0.05) is 5.69 Å². The Labute approximate surface area is 159 Å². The first-order valence-corrected chi connectivity index (χ1v) is 8.23. The molecular weight excluding hydrogens is 376 g/mol. The SMILES string of the molecule is COC(=O)c1c(C)[nH]c(C(=O)[C@@H](C)OC(=O)c2ccc(OC(F)F)cc2)c1C. The average Bonchev–Trinajstić information content (AvgIpc) is 2.94. The minimum Gasteiger partial charge on any atom is -0.465 e. The third-order valence-electron chi connectivity index (χ3n) is 4.04. The van der Waals surface area contributed by atoms with Crippen LogP contribution < -0.4 is 4.74 Å². The summed E-state index contributed by atoms with van der Waals surface area (Å²) in [6, 6.07) is 4.88.